The van der Waals surface area contributed by atoms with Crippen molar-refractivity contribution < 1.29 is 9.21 Å². The molecule has 0 N–H and O–H groups in total. The van der Waals surface area contributed by atoms with Gasteiger partial charge in [-0.2, -0.15) is 0 Å². The Balaban J connectivity index is 2.01. The van der Waals surface area contributed by atoms with Gasteiger partial charge in [-0.25, -0.2) is 4.98 Å². The number of nitrogens with zero attached hydrogens (tertiary/aromatic N) is 2. The van der Waals surface area contributed by atoms with Gasteiger partial charge in [-0.15, -0.1) is 0 Å². The van der Waals surface area contributed by atoms with E-state index in [1.165, 1.54) is 0 Å². The minimum atomic E-state index is 0.296. The number of rotatable bonds is 3. The summed E-state index contributed by atoms with van der Waals surface area (Å²) in [5, 5.41) is 0.583. The predicted molar refractivity (Wildman–Crippen MR) is 71.7 cm³/mol. The topological polar surface area (TPSA) is 48.0 Å². The standard InChI is InChI=1S/C14H9ClN2O2/c15-12-7-10(14-4-2-11(8-18)19-14)1-3-13(12)17-6-5-16-9-17/h1-9H. The SMILES string of the molecule is O=Cc1ccc(-c2ccc(-n3ccnc3)c(Cl)c2)o1. The first kappa shape index (κ1) is 11.7. The third kappa shape index (κ3) is 2.18. The number of furan rings is 1. The van der Waals surface area contributed by atoms with E-state index in [9.17, 15) is 4.79 Å². The fourth-order valence-corrected chi connectivity index (χ4v) is 2.12. The van der Waals surface area contributed by atoms with Gasteiger partial charge in [0, 0.05) is 18.0 Å². The lowest BCUT2D eigenvalue weighted by atomic mass is 10.1. The molecule has 94 valence electrons. The van der Waals surface area contributed by atoms with Crippen LogP contribution in [0.5, 0.6) is 0 Å². The van der Waals surface area contributed by atoms with Crippen LogP contribution in [0.3, 0.4) is 0 Å². The fraction of sp³-hybridized carbons (Fsp3) is 0. The van der Waals surface area contributed by atoms with Crippen molar-refractivity contribution in [2.45, 2.75) is 0 Å². The summed E-state index contributed by atoms with van der Waals surface area (Å²) in [4.78, 5) is 14.6. The van der Waals surface area contributed by atoms with Crippen molar-refractivity contribution in [3.05, 3.63) is 59.8 Å². The molecule has 0 fully saturated rings. The van der Waals surface area contributed by atoms with Crippen LogP contribution < -0.4 is 0 Å². The van der Waals surface area contributed by atoms with Crippen LogP contribution in [-0.2, 0) is 0 Å². The average molecular weight is 273 g/mol. The molecule has 0 bridgehead atoms. The zero-order valence-electron chi connectivity index (χ0n) is 9.79. The lowest BCUT2D eigenvalue weighted by Gasteiger charge is -2.06. The molecule has 0 amide bonds. The van der Waals surface area contributed by atoms with Crippen LogP contribution in [-0.4, -0.2) is 15.8 Å². The number of halogens is 1. The highest BCUT2D eigenvalue weighted by Crippen LogP contribution is 2.28. The third-order valence-electron chi connectivity index (χ3n) is 2.76. The summed E-state index contributed by atoms with van der Waals surface area (Å²) < 4.78 is 7.18. The van der Waals surface area contributed by atoms with Gasteiger partial charge in [-0.05, 0) is 30.3 Å². The molecule has 0 aliphatic heterocycles. The normalized spacial score (nSPS) is 10.6. The smallest absolute Gasteiger partial charge is 0.185 e. The maximum absolute atomic E-state index is 10.6. The fourth-order valence-electron chi connectivity index (χ4n) is 1.84. The summed E-state index contributed by atoms with van der Waals surface area (Å²) in [7, 11) is 0. The zero-order valence-corrected chi connectivity index (χ0v) is 10.5. The molecular formula is C14H9ClN2O2. The molecule has 4 nitrogen and oxygen atoms in total. The van der Waals surface area contributed by atoms with Crippen molar-refractivity contribution in [2.75, 3.05) is 0 Å². The van der Waals surface area contributed by atoms with E-state index in [0.29, 0.717) is 22.8 Å². The molecule has 0 aliphatic carbocycles. The van der Waals surface area contributed by atoms with Crippen molar-refractivity contribution in [3.8, 4) is 17.0 Å². The van der Waals surface area contributed by atoms with Crippen molar-refractivity contribution in [1.82, 2.24) is 9.55 Å². The summed E-state index contributed by atoms with van der Waals surface area (Å²) >= 11 is 6.25. The van der Waals surface area contributed by atoms with E-state index in [4.69, 9.17) is 16.0 Å². The maximum atomic E-state index is 10.6. The van der Waals surface area contributed by atoms with E-state index in [1.54, 1.807) is 30.7 Å². The van der Waals surface area contributed by atoms with Gasteiger partial charge < -0.3 is 8.98 Å². The Hall–Kier alpha value is -2.33. The van der Waals surface area contributed by atoms with E-state index >= 15 is 0 Å². The van der Waals surface area contributed by atoms with E-state index < -0.39 is 0 Å². The average Bonchev–Trinajstić information content (AvgIpc) is 3.10. The first-order chi connectivity index (χ1) is 9.28. The highest BCUT2D eigenvalue weighted by Gasteiger charge is 2.08. The molecule has 0 atom stereocenters. The Labute approximate surface area is 114 Å². The highest BCUT2D eigenvalue weighted by atomic mass is 35.5. The maximum Gasteiger partial charge on any atom is 0.185 e. The number of benzene rings is 1. The van der Waals surface area contributed by atoms with Crippen LogP contribution in [0, 0.1) is 0 Å². The van der Waals surface area contributed by atoms with Gasteiger partial charge in [-0.3, -0.25) is 4.79 Å². The molecule has 3 rings (SSSR count). The Morgan fingerprint density at radius 1 is 1.26 bits per heavy atom. The molecule has 0 saturated carbocycles. The second-order valence-electron chi connectivity index (χ2n) is 3.96. The van der Waals surface area contributed by atoms with Crippen LogP contribution in [0.2, 0.25) is 5.02 Å². The van der Waals surface area contributed by atoms with Crippen LogP contribution in [0.1, 0.15) is 10.6 Å². The van der Waals surface area contributed by atoms with Gasteiger partial charge >= 0.3 is 0 Å². The van der Waals surface area contributed by atoms with Crippen molar-refractivity contribution in [1.29, 1.82) is 0 Å². The molecule has 5 heteroatoms. The Morgan fingerprint density at radius 3 is 2.79 bits per heavy atom. The van der Waals surface area contributed by atoms with Gasteiger partial charge in [0.1, 0.15) is 5.76 Å². The molecule has 19 heavy (non-hydrogen) atoms. The number of carbonyl (C=O) groups excluding carboxylic acids is 1. The summed E-state index contributed by atoms with van der Waals surface area (Å²) in [6.07, 6.45) is 5.86. The number of aromatic nitrogens is 2. The van der Waals surface area contributed by atoms with E-state index in [1.807, 2.05) is 22.9 Å². The van der Waals surface area contributed by atoms with E-state index in [2.05, 4.69) is 4.98 Å². The van der Waals surface area contributed by atoms with Gasteiger partial charge in [0.2, 0.25) is 0 Å². The molecule has 0 spiro atoms. The predicted octanol–water partition coefficient (Wildman–Crippen LogP) is 3.60. The number of carbonyl (C=O) groups is 1. The van der Waals surface area contributed by atoms with Gasteiger partial charge in [0.05, 0.1) is 17.0 Å². The molecule has 2 heterocycles. The summed E-state index contributed by atoms with van der Waals surface area (Å²) in [6.45, 7) is 0. The minimum absolute atomic E-state index is 0.296. The van der Waals surface area contributed by atoms with E-state index in [0.717, 1.165) is 11.3 Å². The second-order valence-corrected chi connectivity index (χ2v) is 4.36. The Bertz CT molecular complexity index is 717. The number of imidazole rings is 1. The summed E-state index contributed by atoms with van der Waals surface area (Å²) in [5.41, 5.74) is 1.66. The van der Waals surface area contributed by atoms with Crippen molar-refractivity contribution in [3.63, 3.8) is 0 Å². The molecule has 0 unspecified atom stereocenters. The van der Waals surface area contributed by atoms with Crippen molar-refractivity contribution in [2.24, 2.45) is 0 Å². The van der Waals surface area contributed by atoms with Gasteiger partial charge in [-0.1, -0.05) is 11.6 Å². The molecule has 2 aromatic heterocycles. The molecule has 0 saturated heterocycles. The lowest BCUT2D eigenvalue weighted by molar-refractivity contribution is 0.110. The first-order valence-corrected chi connectivity index (χ1v) is 5.99. The minimum Gasteiger partial charge on any atom is -0.453 e. The summed E-state index contributed by atoms with van der Waals surface area (Å²) in [6, 6.07) is 8.92. The molecule has 1 aromatic carbocycles. The zero-order chi connectivity index (χ0) is 13.2. The van der Waals surface area contributed by atoms with E-state index in [-0.39, 0.29) is 0 Å². The van der Waals surface area contributed by atoms with Crippen LogP contribution in [0.15, 0.2) is 53.5 Å². The third-order valence-corrected chi connectivity index (χ3v) is 3.06. The summed E-state index contributed by atoms with van der Waals surface area (Å²) in [5.74, 6) is 0.908. The number of aldehydes is 1. The van der Waals surface area contributed by atoms with Crippen LogP contribution >= 0.6 is 11.6 Å². The first-order valence-electron chi connectivity index (χ1n) is 5.61. The highest BCUT2D eigenvalue weighted by molar-refractivity contribution is 6.32. The Kier molecular flexibility index (Phi) is 2.93. The lowest BCUT2D eigenvalue weighted by Crippen LogP contribution is -1.91. The van der Waals surface area contributed by atoms with Crippen LogP contribution in [0.4, 0.5) is 0 Å². The molecule has 0 radical (unpaired) electrons. The van der Waals surface area contributed by atoms with Gasteiger partial charge in [0.25, 0.3) is 0 Å². The number of hydrogen-bond acceptors (Lipinski definition) is 3. The number of hydrogen-bond donors (Lipinski definition) is 0. The molecule has 3 aromatic rings. The largest absolute Gasteiger partial charge is 0.453 e. The Morgan fingerprint density at radius 2 is 2.16 bits per heavy atom. The molecular weight excluding hydrogens is 264 g/mol. The second kappa shape index (κ2) is 4.74. The molecule has 0 aliphatic rings. The monoisotopic (exact) mass is 272 g/mol. The quantitative estimate of drug-likeness (QED) is 0.685. The van der Waals surface area contributed by atoms with Gasteiger partial charge in [0.15, 0.2) is 12.0 Å². The van der Waals surface area contributed by atoms with Crippen molar-refractivity contribution >= 4 is 17.9 Å². The van der Waals surface area contributed by atoms with Crippen LogP contribution in [0.25, 0.3) is 17.0 Å².